The first-order chi connectivity index (χ1) is 9.63. The largest absolute Gasteiger partial charge is 0.319 e. The van der Waals surface area contributed by atoms with Crippen molar-refractivity contribution in [1.82, 2.24) is 5.32 Å². The maximum Gasteiger partial charge on any atom is 0.193 e. The quantitative estimate of drug-likeness (QED) is 0.851. The highest BCUT2D eigenvalue weighted by molar-refractivity contribution is 6.31. The molecule has 0 aliphatic rings. The van der Waals surface area contributed by atoms with Crippen LogP contribution in [0.3, 0.4) is 0 Å². The molecule has 104 valence electrons. The molecule has 0 saturated heterocycles. The van der Waals surface area contributed by atoms with Gasteiger partial charge >= 0.3 is 0 Å². The summed E-state index contributed by atoms with van der Waals surface area (Å²) in [6.07, 6.45) is 0.831. The minimum atomic E-state index is 0.0265. The summed E-state index contributed by atoms with van der Waals surface area (Å²) in [5.41, 5.74) is 3.43. The number of halogens is 1. The van der Waals surface area contributed by atoms with Crippen molar-refractivity contribution in [2.24, 2.45) is 0 Å². The van der Waals surface area contributed by atoms with Gasteiger partial charge in [-0.05, 0) is 44.1 Å². The average Bonchev–Trinajstić information content (AvgIpc) is 2.47. The summed E-state index contributed by atoms with van der Waals surface area (Å²) in [5.74, 6) is 0.0265. The van der Waals surface area contributed by atoms with Crippen LogP contribution in [0.5, 0.6) is 0 Å². The molecule has 0 amide bonds. The monoisotopic (exact) mass is 287 g/mol. The molecular weight excluding hydrogens is 270 g/mol. The molecule has 0 fully saturated rings. The Kier molecular flexibility index (Phi) is 4.94. The zero-order valence-corrected chi connectivity index (χ0v) is 12.5. The molecular formula is C17H18ClNO. The summed E-state index contributed by atoms with van der Waals surface area (Å²) < 4.78 is 0. The summed E-state index contributed by atoms with van der Waals surface area (Å²) >= 11 is 6.11. The Hall–Kier alpha value is -1.64. The second kappa shape index (κ2) is 6.69. The molecule has 0 radical (unpaired) electrons. The summed E-state index contributed by atoms with van der Waals surface area (Å²) in [6.45, 7) is 2.77. The number of hydrogen-bond donors (Lipinski definition) is 1. The minimum Gasteiger partial charge on any atom is -0.319 e. The average molecular weight is 288 g/mol. The molecule has 2 aromatic carbocycles. The number of rotatable bonds is 5. The van der Waals surface area contributed by atoms with Gasteiger partial charge in [-0.1, -0.05) is 48.0 Å². The van der Waals surface area contributed by atoms with Crippen molar-refractivity contribution in [2.45, 2.75) is 13.3 Å². The van der Waals surface area contributed by atoms with Crippen LogP contribution in [0.2, 0.25) is 5.02 Å². The van der Waals surface area contributed by atoms with Gasteiger partial charge in [0.05, 0.1) is 0 Å². The zero-order chi connectivity index (χ0) is 14.5. The molecule has 0 aliphatic carbocycles. The lowest BCUT2D eigenvalue weighted by molar-refractivity contribution is 0.103. The number of carbonyl (C=O) groups excluding carboxylic acids is 1. The summed E-state index contributed by atoms with van der Waals surface area (Å²) in [5, 5.41) is 3.73. The number of ketones is 1. The SMILES string of the molecule is CNCCc1ccccc1C(=O)c1ccc(C)c(Cl)c1. The Morgan fingerprint density at radius 3 is 2.65 bits per heavy atom. The van der Waals surface area contributed by atoms with Gasteiger partial charge in [-0.15, -0.1) is 0 Å². The van der Waals surface area contributed by atoms with Crippen molar-refractivity contribution in [3.05, 3.63) is 69.7 Å². The van der Waals surface area contributed by atoms with Crippen LogP contribution in [0.25, 0.3) is 0 Å². The molecule has 3 heteroatoms. The molecule has 2 rings (SSSR count). The van der Waals surface area contributed by atoms with Crippen molar-refractivity contribution in [2.75, 3.05) is 13.6 Å². The van der Waals surface area contributed by atoms with E-state index < -0.39 is 0 Å². The van der Waals surface area contributed by atoms with E-state index in [1.165, 1.54) is 0 Å². The van der Waals surface area contributed by atoms with Gasteiger partial charge < -0.3 is 5.32 Å². The molecule has 0 aromatic heterocycles. The Morgan fingerprint density at radius 1 is 1.20 bits per heavy atom. The summed E-state index contributed by atoms with van der Waals surface area (Å²) in [7, 11) is 1.91. The maximum absolute atomic E-state index is 12.6. The fourth-order valence-electron chi connectivity index (χ4n) is 2.11. The van der Waals surface area contributed by atoms with Crippen molar-refractivity contribution in [3.63, 3.8) is 0 Å². The molecule has 20 heavy (non-hydrogen) atoms. The smallest absolute Gasteiger partial charge is 0.193 e. The van der Waals surface area contributed by atoms with Gasteiger partial charge in [-0.3, -0.25) is 4.79 Å². The number of nitrogens with one attached hydrogen (secondary N) is 1. The third-order valence-corrected chi connectivity index (χ3v) is 3.75. The number of aryl methyl sites for hydroxylation is 1. The van der Waals surface area contributed by atoms with Gasteiger partial charge in [0, 0.05) is 16.1 Å². The highest BCUT2D eigenvalue weighted by Crippen LogP contribution is 2.20. The zero-order valence-electron chi connectivity index (χ0n) is 11.7. The number of carbonyl (C=O) groups is 1. The molecule has 2 aromatic rings. The first-order valence-corrected chi connectivity index (χ1v) is 7.04. The van der Waals surface area contributed by atoms with Crippen molar-refractivity contribution in [3.8, 4) is 0 Å². The molecule has 1 N–H and O–H groups in total. The van der Waals surface area contributed by atoms with Crippen LogP contribution >= 0.6 is 11.6 Å². The Bertz CT molecular complexity index is 622. The number of benzene rings is 2. The number of likely N-dealkylation sites (N-methyl/N-ethyl adjacent to an activating group) is 1. The molecule has 0 heterocycles. The molecule has 0 bridgehead atoms. The topological polar surface area (TPSA) is 29.1 Å². The van der Waals surface area contributed by atoms with Gasteiger partial charge in [0.25, 0.3) is 0 Å². The van der Waals surface area contributed by atoms with Gasteiger partial charge in [-0.2, -0.15) is 0 Å². The Morgan fingerprint density at radius 2 is 1.95 bits per heavy atom. The lowest BCUT2D eigenvalue weighted by Crippen LogP contribution is -2.13. The van der Waals surface area contributed by atoms with Gasteiger partial charge in [0.2, 0.25) is 0 Å². The van der Waals surface area contributed by atoms with Crippen LogP contribution in [0.1, 0.15) is 27.0 Å². The van der Waals surface area contributed by atoms with E-state index >= 15 is 0 Å². The van der Waals surface area contributed by atoms with Crippen LogP contribution in [-0.4, -0.2) is 19.4 Å². The fraction of sp³-hybridized carbons (Fsp3) is 0.235. The first kappa shape index (κ1) is 14.8. The van der Waals surface area contributed by atoms with Crippen LogP contribution in [-0.2, 0) is 6.42 Å². The predicted molar refractivity (Wildman–Crippen MR) is 83.7 cm³/mol. The van der Waals surface area contributed by atoms with E-state index in [1.54, 1.807) is 6.07 Å². The van der Waals surface area contributed by atoms with E-state index in [2.05, 4.69) is 5.32 Å². The standard InChI is InChI=1S/C17H18ClNO/c1-12-7-8-14(11-16(12)18)17(20)15-6-4-3-5-13(15)9-10-19-2/h3-8,11,19H,9-10H2,1-2H3. The Balaban J connectivity index is 2.35. The van der Waals surface area contributed by atoms with Crippen LogP contribution < -0.4 is 5.32 Å². The third kappa shape index (κ3) is 3.27. The maximum atomic E-state index is 12.6. The van der Waals surface area contributed by atoms with Gasteiger partial charge in [-0.25, -0.2) is 0 Å². The lowest BCUT2D eigenvalue weighted by atomic mass is 9.96. The van der Waals surface area contributed by atoms with Crippen molar-refractivity contribution < 1.29 is 4.79 Å². The van der Waals surface area contributed by atoms with Crippen molar-refractivity contribution in [1.29, 1.82) is 0 Å². The molecule has 0 atom stereocenters. The van der Waals surface area contributed by atoms with E-state index in [4.69, 9.17) is 11.6 Å². The third-order valence-electron chi connectivity index (χ3n) is 3.34. The van der Waals surface area contributed by atoms with Crippen molar-refractivity contribution >= 4 is 17.4 Å². The van der Waals surface area contributed by atoms with E-state index in [-0.39, 0.29) is 5.78 Å². The minimum absolute atomic E-state index is 0.0265. The molecule has 0 saturated carbocycles. The van der Waals surface area contributed by atoms with E-state index in [0.29, 0.717) is 10.6 Å². The molecule has 2 nitrogen and oxygen atoms in total. The fourth-order valence-corrected chi connectivity index (χ4v) is 2.29. The van der Waals surface area contributed by atoms with Crippen LogP contribution in [0.4, 0.5) is 0 Å². The van der Waals surface area contributed by atoms with Crippen LogP contribution in [0.15, 0.2) is 42.5 Å². The van der Waals surface area contributed by atoms with Gasteiger partial charge in [0.15, 0.2) is 5.78 Å². The van der Waals surface area contributed by atoms with Gasteiger partial charge in [0.1, 0.15) is 0 Å². The highest BCUT2D eigenvalue weighted by atomic mass is 35.5. The van der Waals surface area contributed by atoms with E-state index in [0.717, 1.165) is 29.7 Å². The number of hydrogen-bond acceptors (Lipinski definition) is 2. The molecule has 0 aliphatic heterocycles. The second-order valence-corrected chi connectivity index (χ2v) is 5.21. The molecule has 0 spiro atoms. The van der Waals surface area contributed by atoms with Crippen LogP contribution in [0, 0.1) is 6.92 Å². The van der Waals surface area contributed by atoms with E-state index in [9.17, 15) is 4.79 Å². The highest BCUT2D eigenvalue weighted by Gasteiger charge is 2.13. The predicted octanol–water partition coefficient (Wildman–Crippen LogP) is 3.64. The Labute approximate surface area is 124 Å². The second-order valence-electron chi connectivity index (χ2n) is 4.80. The summed E-state index contributed by atoms with van der Waals surface area (Å²) in [6, 6.07) is 13.2. The normalized spacial score (nSPS) is 10.6. The molecule has 0 unspecified atom stereocenters. The van der Waals surface area contributed by atoms with E-state index in [1.807, 2.05) is 50.4 Å². The lowest BCUT2D eigenvalue weighted by Gasteiger charge is -2.09. The first-order valence-electron chi connectivity index (χ1n) is 6.67. The summed E-state index contributed by atoms with van der Waals surface area (Å²) in [4.78, 5) is 12.6.